The molecule has 146 valence electrons. The van der Waals surface area contributed by atoms with Gasteiger partial charge in [-0.05, 0) is 36.7 Å². The Morgan fingerprint density at radius 3 is 2.74 bits per heavy atom. The molecule has 1 saturated heterocycles. The smallest absolute Gasteiger partial charge is 0.240 e. The molecule has 1 atom stereocenters. The largest absolute Gasteiger partial charge is 0.371 e. The third-order valence-electron chi connectivity index (χ3n) is 4.47. The van der Waals surface area contributed by atoms with E-state index in [2.05, 4.69) is 21.8 Å². The number of sulfonamides is 1. The van der Waals surface area contributed by atoms with E-state index in [9.17, 15) is 12.8 Å². The zero-order valence-corrected chi connectivity index (χ0v) is 16.3. The van der Waals surface area contributed by atoms with Crippen molar-refractivity contribution in [2.75, 3.05) is 32.8 Å². The third kappa shape index (κ3) is 5.49. The van der Waals surface area contributed by atoms with Crippen molar-refractivity contribution in [3.63, 3.8) is 0 Å². The summed E-state index contributed by atoms with van der Waals surface area (Å²) in [4.78, 5) is 2.23. The van der Waals surface area contributed by atoms with Crippen LogP contribution in [0.25, 0.3) is 0 Å². The molecule has 0 spiro atoms. The molecule has 0 aliphatic carbocycles. The van der Waals surface area contributed by atoms with Crippen LogP contribution in [-0.2, 0) is 14.8 Å². The Bertz CT molecular complexity index is 865. The van der Waals surface area contributed by atoms with Gasteiger partial charge in [-0.2, -0.15) is 0 Å². The molecule has 2 aromatic carbocycles. The predicted octanol–water partition coefficient (Wildman–Crippen LogP) is 3.22. The first-order chi connectivity index (χ1) is 13.0. The molecular formula is C19H22ClFN2O3S. The van der Waals surface area contributed by atoms with Gasteiger partial charge in [0.15, 0.2) is 0 Å². The highest BCUT2D eigenvalue weighted by Crippen LogP contribution is 2.22. The van der Waals surface area contributed by atoms with Crippen LogP contribution < -0.4 is 4.72 Å². The number of nitrogens with zero attached hydrogens (tertiary/aromatic N) is 1. The molecule has 0 amide bonds. The molecule has 1 heterocycles. The second-order valence-corrected chi connectivity index (χ2v) is 8.57. The molecule has 0 saturated carbocycles. The van der Waals surface area contributed by atoms with Gasteiger partial charge in [0, 0.05) is 19.6 Å². The van der Waals surface area contributed by atoms with Crippen molar-refractivity contribution in [3.8, 4) is 0 Å². The second-order valence-electron chi connectivity index (χ2n) is 6.40. The maximum atomic E-state index is 13.2. The number of nitrogens with one attached hydrogen (secondary N) is 1. The minimum atomic E-state index is -3.70. The highest BCUT2D eigenvalue weighted by atomic mass is 35.5. The summed E-state index contributed by atoms with van der Waals surface area (Å²) in [6, 6.07) is 13.4. The Labute approximate surface area is 164 Å². The zero-order valence-electron chi connectivity index (χ0n) is 14.8. The van der Waals surface area contributed by atoms with Crippen LogP contribution >= 0.6 is 11.6 Å². The van der Waals surface area contributed by atoms with Crippen molar-refractivity contribution in [2.45, 2.75) is 17.4 Å². The van der Waals surface area contributed by atoms with E-state index < -0.39 is 15.8 Å². The van der Waals surface area contributed by atoms with E-state index >= 15 is 0 Å². The van der Waals surface area contributed by atoms with E-state index in [4.69, 9.17) is 16.3 Å². The summed E-state index contributed by atoms with van der Waals surface area (Å²) in [5.41, 5.74) is 1.15. The fourth-order valence-electron chi connectivity index (χ4n) is 3.01. The summed E-state index contributed by atoms with van der Waals surface area (Å²) < 4.78 is 46.1. The fourth-order valence-corrected chi connectivity index (χ4v) is 4.36. The molecule has 2 aromatic rings. The zero-order chi connectivity index (χ0) is 19.3. The van der Waals surface area contributed by atoms with Crippen molar-refractivity contribution in [1.82, 2.24) is 9.62 Å². The van der Waals surface area contributed by atoms with E-state index in [1.807, 2.05) is 18.2 Å². The molecule has 0 aromatic heterocycles. The SMILES string of the molecule is O=S(=O)(NCCCN1CCO[C@H](c2ccccc2)C1)c1ccc(F)c(Cl)c1. The molecule has 3 rings (SSSR count). The molecule has 5 nitrogen and oxygen atoms in total. The Morgan fingerprint density at radius 2 is 2.00 bits per heavy atom. The first-order valence-electron chi connectivity index (χ1n) is 8.79. The number of benzene rings is 2. The predicted molar refractivity (Wildman–Crippen MR) is 103 cm³/mol. The van der Waals surface area contributed by atoms with E-state index in [1.165, 1.54) is 6.07 Å². The number of rotatable bonds is 7. The molecular weight excluding hydrogens is 391 g/mol. The van der Waals surface area contributed by atoms with E-state index in [0.29, 0.717) is 19.6 Å². The normalized spacial score (nSPS) is 18.5. The molecule has 1 aliphatic rings. The van der Waals surface area contributed by atoms with Gasteiger partial charge in [0.05, 0.1) is 22.6 Å². The van der Waals surface area contributed by atoms with Gasteiger partial charge >= 0.3 is 0 Å². The number of ether oxygens (including phenoxy) is 1. The molecule has 1 aliphatic heterocycles. The van der Waals surface area contributed by atoms with Crippen LogP contribution in [0.2, 0.25) is 5.02 Å². The van der Waals surface area contributed by atoms with Crippen LogP contribution in [0.1, 0.15) is 18.1 Å². The highest BCUT2D eigenvalue weighted by molar-refractivity contribution is 7.89. The number of hydrogen-bond donors (Lipinski definition) is 1. The molecule has 0 unspecified atom stereocenters. The van der Waals surface area contributed by atoms with E-state index in [-0.39, 0.29) is 16.0 Å². The molecule has 1 N–H and O–H groups in total. The van der Waals surface area contributed by atoms with Gasteiger partial charge in [-0.25, -0.2) is 17.5 Å². The number of morpholine rings is 1. The van der Waals surface area contributed by atoms with Crippen LogP contribution in [0.3, 0.4) is 0 Å². The summed E-state index contributed by atoms with van der Waals surface area (Å²) in [5, 5.41) is -0.210. The maximum Gasteiger partial charge on any atom is 0.240 e. The average Bonchev–Trinajstić information content (AvgIpc) is 2.68. The molecule has 27 heavy (non-hydrogen) atoms. The minimum absolute atomic E-state index is 0.0376. The summed E-state index contributed by atoms with van der Waals surface area (Å²) in [6.07, 6.45) is 0.702. The lowest BCUT2D eigenvalue weighted by molar-refractivity contribution is -0.0300. The second kappa shape index (κ2) is 9.12. The topological polar surface area (TPSA) is 58.6 Å². The van der Waals surface area contributed by atoms with Gasteiger partial charge in [0.1, 0.15) is 5.82 Å². The summed E-state index contributed by atoms with van der Waals surface area (Å²) in [7, 11) is -3.70. The summed E-state index contributed by atoms with van der Waals surface area (Å²) in [6.45, 7) is 3.32. The van der Waals surface area contributed by atoms with Crippen LogP contribution in [0.5, 0.6) is 0 Å². The monoisotopic (exact) mass is 412 g/mol. The van der Waals surface area contributed by atoms with Gasteiger partial charge in [-0.15, -0.1) is 0 Å². The first-order valence-corrected chi connectivity index (χ1v) is 10.7. The lowest BCUT2D eigenvalue weighted by Gasteiger charge is -2.33. The van der Waals surface area contributed by atoms with Crippen molar-refractivity contribution in [3.05, 3.63) is 64.9 Å². The Balaban J connectivity index is 1.47. The van der Waals surface area contributed by atoms with Crippen molar-refractivity contribution in [2.24, 2.45) is 0 Å². The quantitative estimate of drug-likeness (QED) is 0.709. The van der Waals surface area contributed by atoms with Gasteiger partial charge in [0.2, 0.25) is 10.0 Å². The van der Waals surface area contributed by atoms with Gasteiger partial charge in [0.25, 0.3) is 0 Å². The minimum Gasteiger partial charge on any atom is -0.371 e. The van der Waals surface area contributed by atoms with Gasteiger partial charge in [-0.3, -0.25) is 4.90 Å². The van der Waals surface area contributed by atoms with Gasteiger partial charge in [-0.1, -0.05) is 41.9 Å². The van der Waals surface area contributed by atoms with Crippen LogP contribution in [0, 0.1) is 5.82 Å². The number of halogens is 2. The summed E-state index contributed by atoms with van der Waals surface area (Å²) in [5.74, 6) is -0.643. The van der Waals surface area contributed by atoms with Crippen LogP contribution in [-0.4, -0.2) is 46.1 Å². The van der Waals surface area contributed by atoms with Crippen LogP contribution in [0.4, 0.5) is 4.39 Å². The number of hydrogen-bond acceptors (Lipinski definition) is 4. The standard InChI is InChI=1S/C19H22ClFN2O3S/c20-17-13-16(7-8-18(17)21)27(24,25)22-9-4-10-23-11-12-26-19(14-23)15-5-2-1-3-6-15/h1-3,5-8,13,19,22H,4,9-12,14H2/t19-/m0/s1. The van der Waals surface area contributed by atoms with Crippen LogP contribution in [0.15, 0.2) is 53.4 Å². The Kier molecular flexibility index (Phi) is 6.83. The molecule has 8 heteroatoms. The lowest BCUT2D eigenvalue weighted by atomic mass is 10.1. The van der Waals surface area contributed by atoms with Crippen molar-refractivity contribution < 1.29 is 17.5 Å². The van der Waals surface area contributed by atoms with Crippen molar-refractivity contribution in [1.29, 1.82) is 0 Å². The first kappa shape index (κ1) is 20.2. The average molecular weight is 413 g/mol. The van der Waals surface area contributed by atoms with E-state index in [1.54, 1.807) is 0 Å². The molecule has 0 bridgehead atoms. The van der Waals surface area contributed by atoms with Crippen molar-refractivity contribution >= 4 is 21.6 Å². The maximum absolute atomic E-state index is 13.2. The Morgan fingerprint density at radius 1 is 1.22 bits per heavy atom. The highest BCUT2D eigenvalue weighted by Gasteiger charge is 2.21. The summed E-state index contributed by atoms with van der Waals surface area (Å²) >= 11 is 5.66. The lowest BCUT2D eigenvalue weighted by Crippen LogP contribution is -2.39. The van der Waals surface area contributed by atoms with E-state index in [0.717, 1.165) is 37.3 Å². The van der Waals surface area contributed by atoms with Gasteiger partial charge < -0.3 is 4.74 Å². The fraction of sp³-hybridized carbons (Fsp3) is 0.368. The third-order valence-corrected chi connectivity index (χ3v) is 6.21. The Hall–Kier alpha value is -1.51. The molecule has 1 fully saturated rings. The molecule has 0 radical (unpaired) electrons.